The summed E-state index contributed by atoms with van der Waals surface area (Å²) in [4.78, 5) is 1.30. The van der Waals surface area contributed by atoms with Gasteiger partial charge in [-0.2, -0.15) is 0 Å². The molecule has 0 radical (unpaired) electrons. The van der Waals surface area contributed by atoms with Gasteiger partial charge in [-0.25, -0.2) is 0 Å². The summed E-state index contributed by atoms with van der Waals surface area (Å²) < 4.78 is 1.15. The summed E-state index contributed by atoms with van der Waals surface area (Å²) in [6.07, 6.45) is 1.84. The van der Waals surface area contributed by atoms with Gasteiger partial charge in [0, 0.05) is 17.5 Å². The van der Waals surface area contributed by atoms with Crippen LogP contribution in [0.25, 0.3) is 0 Å². The number of nitrogens with one attached hydrogen (secondary N) is 1. The van der Waals surface area contributed by atoms with Crippen LogP contribution in [0.4, 0.5) is 0 Å². The first kappa shape index (κ1) is 15.2. The van der Waals surface area contributed by atoms with Gasteiger partial charge in [0.2, 0.25) is 0 Å². The van der Waals surface area contributed by atoms with Crippen molar-refractivity contribution < 1.29 is 5.11 Å². The minimum Gasteiger partial charge on any atom is -0.392 e. The molecule has 0 spiro atoms. The smallest absolute Gasteiger partial charge is 0.0701 e. The van der Waals surface area contributed by atoms with Crippen LogP contribution in [0.2, 0.25) is 0 Å². The van der Waals surface area contributed by atoms with E-state index in [2.05, 4.69) is 54.2 Å². The highest BCUT2D eigenvalue weighted by Gasteiger charge is 2.16. The zero-order chi connectivity index (χ0) is 12.8. The average Bonchev–Trinajstić information content (AvgIpc) is 2.74. The van der Waals surface area contributed by atoms with E-state index in [9.17, 15) is 5.11 Å². The SMILES string of the molecule is CCC(CC)C(O)CNC(C)c1ccc(Br)s1. The van der Waals surface area contributed by atoms with Crippen LogP contribution in [0, 0.1) is 5.92 Å². The molecule has 17 heavy (non-hydrogen) atoms. The summed E-state index contributed by atoms with van der Waals surface area (Å²) in [7, 11) is 0. The second-order valence-corrected chi connectivity index (χ2v) is 6.91. The number of hydrogen-bond acceptors (Lipinski definition) is 3. The Balaban J connectivity index is 2.40. The number of aliphatic hydroxyl groups is 1. The Morgan fingerprint density at radius 1 is 1.35 bits per heavy atom. The summed E-state index contributed by atoms with van der Waals surface area (Å²) >= 11 is 5.21. The molecular weight excluding hydrogens is 298 g/mol. The van der Waals surface area contributed by atoms with Crippen molar-refractivity contribution in [2.75, 3.05) is 6.54 Å². The number of halogens is 1. The molecule has 0 saturated carbocycles. The molecule has 4 heteroatoms. The molecule has 2 atom stereocenters. The van der Waals surface area contributed by atoms with E-state index in [1.165, 1.54) is 4.88 Å². The highest BCUT2D eigenvalue weighted by Crippen LogP contribution is 2.27. The van der Waals surface area contributed by atoms with Crippen LogP contribution in [0.1, 0.15) is 44.5 Å². The molecule has 1 rings (SSSR count). The van der Waals surface area contributed by atoms with Gasteiger partial charge in [0.25, 0.3) is 0 Å². The van der Waals surface area contributed by atoms with Crippen molar-refractivity contribution in [2.45, 2.75) is 45.8 Å². The van der Waals surface area contributed by atoms with E-state index in [-0.39, 0.29) is 6.10 Å². The zero-order valence-corrected chi connectivity index (χ0v) is 13.1. The Labute approximate surface area is 117 Å². The average molecular weight is 320 g/mol. The summed E-state index contributed by atoms with van der Waals surface area (Å²) in [5, 5.41) is 13.4. The maximum absolute atomic E-state index is 10.0. The Morgan fingerprint density at radius 2 is 2.00 bits per heavy atom. The Kier molecular flexibility index (Phi) is 6.70. The van der Waals surface area contributed by atoms with Crippen molar-refractivity contribution in [3.8, 4) is 0 Å². The van der Waals surface area contributed by atoms with Gasteiger partial charge in [0.15, 0.2) is 0 Å². The Bertz CT molecular complexity index is 325. The quantitative estimate of drug-likeness (QED) is 0.797. The highest BCUT2D eigenvalue weighted by atomic mass is 79.9. The van der Waals surface area contributed by atoms with Gasteiger partial charge < -0.3 is 10.4 Å². The third-order valence-electron chi connectivity index (χ3n) is 3.25. The molecule has 0 amide bonds. The van der Waals surface area contributed by atoms with Crippen LogP contribution >= 0.6 is 27.3 Å². The molecule has 0 fully saturated rings. The van der Waals surface area contributed by atoms with E-state index < -0.39 is 0 Å². The predicted octanol–water partition coefficient (Wildman–Crippen LogP) is 3.96. The molecule has 98 valence electrons. The molecule has 0 bridgehead atoms. The lowest BCUT2D eigenvalue weighted by molar-refractivity contribution is 0.0990. The molecule has 2 nitrogen and oxygen atoms in total. The minimum absolute atomic E-state index is 0.240. The monoisotopic (exact) mass is 319 g/mol. The third kappa shape index (κ3) is 4.70. The van der Waals surface area contributed by atoms with E-state index >= 15 is 0 Å². The lowest BCUT2D eigenvalue weighted by Crippen LogP contribution is -2.33. The van der Waals surface area contributed by atoms with Gasteiger partial charge >= 0.3 is 0 Å². The van der Waals surface area contributed by atoms with Gasteiger partial charge in [-0.1, -0.05) is 26.7 Å². The Hall–Kier alpha value is 0.1000. The molecule has 0 saturated heterocycles. The van der Waals surface area contributed by atoms with Crippen LogP contribution in [0.3, 0.4) is 0 Å². The van der Waals surface area contributed by atoms with Gasteiger partial charge in [-0.05, 0) is 40.9 Å². The highest BCUT2D eigenvalue weighted by molar-refractivity contribution is 9.11. The summed E-state index contributed by atoms with van der Waals surface area (Å²) in [6.45, 7) is 7.08. The molecule has 1 heterocycles. The van der Waals surface area contributed by atoms with Crippen molar-refractivity contribution in [2.24, 2.45) is 5.92 Å². The van der Waals surface area contributed by atoms with Gasteiger partial charge in [0.05, 0.1) is 9.89 Å². The summed E-state index contributed by atoms with van der Waals surface area (Å²) in [6, 6.07) is 4.49. The molecule has 1 aromatic heterocycles. The molecular formula is C13H22BrNOS. The fourth-order valence-corrected chi connectivity index (χ4v) is 3.41. The maximum atomic E-state index is 10.0. The first-order chi connectivity index (χ1) is 8.08. The lowest BCUT2D eigenvalue weighted by Gasteiger charge is -2.22. The fourth-order valence-electron chi connectivity index (χ4n) is 1.96. The van der Waals surface area contributed by atoms with Gasteiger partial charge in [-0.15, -0.1) is 11.3 Å². The van der Waals surface area contributed by atoms with Crippen molar-refractivity contribution in [3.63, 3.8) is 0 Å². The summed E-state index contributed by atoms with van der Waals surface area (Å²) in [5.41, 5.74) is 0. The van der Waals surface area contributed by atoms with E-state index in [4.69, 9.17) is 0 Å². The number of rotatable bonds is 7. The van der Waals surface area contributed by atoms with Gasteiger partial charge in [0.1, 0.15) is 0 Å². The molecule has 0 aliphatic rings. The van der Waals surface area contributed by atoms with Crippen molar-refractivity contribution in [1.29, 1.82) is 0 Å². The number of aliphatic hydroxyl groups excluding tert-OH is 1. The van der Waals surface area contributed by atoms with Crippen LogP contribution in [-0.2, 0) is 0 Å². The second-order valence-electron chi connectivity index (χ2n) is 4.42. The number of thiophene rings is 1. The standard InChI is InChI=1S/C13H22BrNOS/c1-4-10(5-2)11(16)8-15-9(3)12-6-7-13(14)17-12/h6-7,9-11,15-16H,4-5,8H2,1-3H3. The molecule has 2 N–H and O–H groups in total. The number of hydrogen-bond donors (Lipinski definition) is 2. The minimum atomic E-state index is -0.240. The van der Waals surface area contributed by atoms with Crippen LogP contribution in [0.5, 0.6) is 0 Å². The van der Waals surface area contributed by atoms with Gasteiger partial charge in [-0.3, -0.25) is 0 Å². The van der Waals surface area contributed by atoms with Crippen molar-refractivity contribution in [3.05, 3.63) is 20.8 Å². The topological polar surface area (TPSA) is 32.3 Å². The van der Waals surface area contributed by atoms with Crippen molar-refractivity contribution >= 4 is 27.3 Å². The van der Waals surface area contributed by atoms with Crippen LogP contribution in [0.15, 0.2) is 15.9 Å². The molecule has 0 aliphatic heterocycles. The van der Waals surface area contributed by atoms with Crippen LogP contribution < -0.4 is 5.32 Å². The molecule has 2 unspecified atom stereocenters. The van der Waals surface area contributed by atoms with E-state index in [1.54, 1.807) is 11.3 Å². The molecule has 1 aromatic rings. The first-order valence-electron chi connectivity index (χ1n) is 6.25. The van der Waals surface area contributed by atoms with Crippen molar-refractivity contribution in [1.82, 2.24) is 5.32 Å². The lowest BCUT2D eigenvalue weighted by atomic mass is 9.96. The molecule has 0 aromatic carbocycles. The maximum Gasteiger partial charge on any atom is 0.0701 e. The fraction of sp³-hybridized carbons (Fsp3) is 0.692. The largest absolute Gasteiger partial charge is 0.392 e. The molecule has 0 aliphatic carbocycles. The normalized spacial score (nSPS) is 15.2. The first-order valence-corrected chi connectivity index (χ1v) is 7.86. The summed E-state index contributed by atoms with van der Waals surface area (Å²) in [5.74, 6) is 0.407. The predicted molar refractivity (Wildman–Crippen MR) is 78.5 cm³/mol. The van der Waals surface area contributed by atoms with E-state index in [0.29, 0.717) is 18.5 Å². The van der Waals surface area contributed by atoms with Crippen LogP contribution in [-0.4, -0.2) is 17.8 Å². The zero-order valence-electron chi connectivity index (χ0n) is 10.7. The third-order valence-corrected chi connectivity index (χ3v) is 5.05. The second kappa shape index (κ2) is 7.52. The van der Waals surface area contributed by atoms with E-state index in [0.717, 1.165) is 16.6 Å². The van der Waals surface area contributed by atoms with E-state index in [1.807, 2.05) is 0 Å². The Morgan fingerprint density at radius 3 is 2.47 bits per heavy atom.